The van der Waals surface area contributed by atoms with E-state index in [9.17, 15) is 9.18 Å². The van der Waals surface area contributed by atoms with Crippen molar-refractivity contribution in [2.45, 2.75) is 6.42 Å². The number of aromatic nitrogens is 1. The maximum absolute atomic E-state index is 13.9. The van der Waals surface area contributed by atoms with Crippen LogP contribution in [0.3, 0.4) is 0 Å². The van der Waals surface area contributed by atoms with Crippen molar-refractivity contribution in [3.8, 4) is 17.2 Å². The molecule has 0 aliphatic rings. The average molecular weight is 448 g/mol. The lowest BCUT2D eigenvalue weighted by molar-refractivity contribution is -0.120. The molecule has 1 aromatic heterocycles. The highest BCUT2D eigenvalue weighted by molar-refractivity contribution is 7.22. The van der Waals surface area contributed by atoms with E-state index in [0.29, 0.717) is 28.7 Å². The van der Waals surface area contributed by atoms with Crippen LogP contribution < -0.4 is 19.1 Å². The second-order valence-corrected chi connectivity index (χ2v) is 8.04. The SMILES string of the molecule is COc1ccc(OC)c2sc(N(CCCN(C)C)C(=O)COc3ccccc3F)nc12. The Labute approximate surface area is 185 Å². The molecule has 3 rings (SSSR count). The number of benzene rings is 2. The normalized spacial score (nSPS) is 11.0. The van der Waals surface area contributed by atoms with Gasteiger partial charge in [0.05, 0.1) is 14.2 Å². The summed E-state index contributed by atoms with van der Waals surface area (Å²) in [5.74, 6) is 0.476. The summed E-state index contributed by atoms with van der Waals surface area (Å²) in [5, 5.41) is 0.513. The van der Waals surface area contributed by atoms with Gasteiger partial charge in [-0.25, -0.2) is 9.37 Å². The van der Waals surface area contributed by atoms with Gasteiger partial charge in [0.15, 0.2) is 23.3 Å². The minimum atomic E-state index is -0.510. The van der Waals surface area contributed by atoms with E-state index in [0.717, 1.165) is 17.7 Å². The van der Waals surface area contributed by atoms with Crippen LogP contribution in [0, 0.1) is 5.82 Å². The Hall–Kier alpha value is -2.91. The van der Waals surface area contributed by atoms with Gasteiger partial charge in [-0.05, 0) is 51.3 Å². The monoisotopic (exact) mass is 447 g/mol. The minimum Gasteiger partial charge on any atom is -0.495 e. The number of fused-ring (bicyclic) bond motifs is 1. The number of nitrogens with zero attached hydrogens (tertiary/aromatic N) is 3. The first-order valence-corrected chi connectivity index (χ1v) is 10.6. The lowest BCUT2D eigenvalue weighted by Gasteiger charge is -2.21. The number of ether oxygens (including phenoxy) is 3. The quantitative estimate of drug-likeness (QED) is 0.471. The maximum Gasteiger partial charge on any atom is 0.266 e. The summed E-state index contributed by atoms with van der Waals surface area (Å²) in [4.78, 5) is 21.3. The van der Waals surface area contributed by atoms with Gasteiger partial charge in [-0.3, -0.25) is 9.69 Å². The molecule has 1 heterocycles. The molecule has 2 aromatic carbocycles. The highest BCUT2D eigenvalue weighted by atomic mass is 32.1. The Morgan fingerprint density at radius 1 is 1.03 bits per heavy atom. The molecule has 0 spiro atoms. The fourth-order valence-electron chi connectivity index (χ4n) is 3.04. The molecule has 3 aromatic rings. The molecule has 0 fully saturated rings. The third-order valence-electron chi connectivity index (χ3n) is 4.61. The summed E-state index contributed by atoms with van der Waals surface area (Å²) in [6.45, 7) is 0.949. The fraction of sp³-hybridized carbons (Fsp3) is 0.364. The van der Waals surface area contributed by atoms with Crippen molar-refractivity contribution in [3.05, 3.63) is 42.2 Å². The Morgan fingerprint density at radius 2 is 1.74 bits per heavy atom. The summed E-state index contributed by atoms with van der Waals surface area (Å²) >= 11 is 1.34. The Bertz CT molecular complexity index is 1000. The molecule has 0 saturated heterocycles. The summed E-state index contributed by atoms with van der Waals surface area (Å²) in [7, 11) is 7.10. The number of methoxy groups -OCH3 is 2. The third-order valence-corrected chi connectivity index (χ3v) is 5.70. The van der Waals surface area contributed by atoms with Crippen molar-refractivity contribution in [1.29, 1.82) is 0 Å². The molecule has 0 saturated carbocycles. The first-order chi connectivity index (χ1) is 14.9. The van der Waals surface area contributed by atoms with Gasteiger partial charge in [0, 0.05) is 6.54 Å². The van der Waals surface area contributed by atoms with Crippen molar-refractivity contribution < 1.29 is 23.4 Å². The Balaban J connectivity index is 1.89. The number of amides is 1. The standard InChI is InChI=1S/C22H26FN3O4S/c1-25(2)12-7-13-26(19(27)14-30-16-9-6-5-8-15(16)23)22-24-20-17(28-3)10-11-18(29-4)21(20)31-22/h5-6,8-11H,7,12-14H2,1-4H3. The molecule has 0 aliphatic heterocycles. The number of carbonyl (C=O) groups is 1. The van der Waals surface area contributed by atoms with Gasteiger partial charge in [-0.15, -0.1) is 0 Å². The van der Waals surface area contributed by atoms with E-state index in [1.807, 2.05) is 25.1 Å². The average Bonchev–Trinajstić information content (AvgIpc) is 3.20. The van der Waals surface area contributed by atoms with Crippen molar-refractivity contribution in [1.82, 2.24) is 9.88 Å². The largest absolute Gasteiger partial charge is 0.495 e. The van der Waals surface area contributed by atoms with Crippen LogP contribution in [-0.2, 0) is 4.79 Å². The number of hydrogen-bond donors (Lipinski definition) is 0. The van der Waals surface area contributed by atoms with E-state index in [1.54, 1.807) is 37.3 Å². The lowest BCUT2D eigenvalue weighted by atomic mass is 10.3. The predicted octanol–water partition coefficient (Wildman–Crippen LogP) is 3.82. The van der Waals surface area contributed by atoms with Crippen molar-refractivity contribution in [3.63, 3.8) is 0 Å². The third kappa shape index (κ3) is 5.42. The summed E-state index contributed by atoms with van der Waals surface area (Å²) < 4.78 is 31.0. The molecule has 0 unspecified atom stereocenters. The van der Waals surface area contributed by atoms with E-state index in [2.05, 4.69) is 4.98 Å². The van der Waals surface area contributed by atoms with Crippen LogP contribution in [0.5, 0.6) is 17.2 Å². The van der Waals surface area contributed by atoms with Crippen LogP contribution in [0.1, 0.15) is 6.42 Å². The zero-order valence-electron chi connectivity index (χ0n) is 18.1. The van der Waals surface area contributed by atoms with Crippen LogP contribution in [0.25, 0.3) is 10.2 Å². The van der Waals surface area contributed by atoms with Crippen LogP contribution in [0.2, 0.25) is 0 Å². The number of halogens is 1. The molecular weight excluding hydrogens is 421 g/mol. The van der Waals surface area contributed by atoms with Crippen LogP contribution in [0.4, 0.5) is 9.52 Å². The molecule has 0 bridgehead atoms. The van der Waals surface area contributed by atoms with Gasteiger partial charge >= 0.3 is 0 Å². The van der Waals surface area contributed by atoms with Gasteiger partial charge < -0.3 is 19.1 Å². The van der Waals surface area contributed by atoms with E-state index in [4.69, 9.17) is 14.2 Å². The van der Waals surface area contributed by atoms with Crippen LogP contribution >= 0.6 is 11.3 Å². The molecular formula is C22H26FN3O4S. The number of thiazole rings is 1. The fourth-order valence-corrected chi connectivity index (χ4v) is 4.16. The van der Waals surface area contributed by atoms with Crippen molar-refractivity contribution in [2.24, 2.45) is 0 Å². The number of carbonyl (C=O) groups excluding carboxylic acids is 1. The van der Waals surface area contributed by atoms with Gasteiger partial charge in [0.25, 0.3) is 5.91 Å². The van der Waals surface area contributed by atoms with E-state index >= 15 is 0 Å². The zero-order chi connectivity index (χ0) is 22.4. The van der Waals surface area contributed by atoms with E-state index in [-0.39, 0.29) is 18.3 Å². The molecule has 1 amide bonds. The molecule has 0 N–H and O–H groups in total. The minimum absolute atomic E-state index is 0.0386. The topological polar surface area (TPSA) is 64.1 Å². The maximum atomic E-state index is 13.9. The molecule has 0 radical (unpaired) electrons. The first kappa shape index (κ1) is 22.8. The number of hydrogen-bond acceptors (Lipinski definition) is 7. The molecule has 31 heavy (non-hydrogen) atoms. The first-order valence-electron chi connectivity index (χ1n) is 9.78. The predicted molar refractivity (Wildman–Crippen MR) is 120 cm³/mol. The van der Waals surface area contributed by atoms with Crippen molar-refractivity contribution in [2.75, 3.05) is 52.9 Å². The van der Waals surface area contributed by atoms with Gasteiger partial charge in [0.2, 0.25) is 0 Å². The van der Waals surface area contributed by atoms with Crippen LogP contribution in [-0.4, -0.2) is 63.8 Å². The smallest absolute Gasteiger partial charge is 0.266 e. The molecule has 0 aliphatic carbocycles. The highest BCUT2D eigenvalue weighted by Crippen LogP contribution is 2.40. The molecule has 0 atom stereocenters. The molecule has 9 heteroatoms. The molecule has 7 nitrogen and oxygen atoms in total. The Kier molecular flexibility index (Phi) is 7.64. The van der Waals surface area contributed by atoms with Crippen molar-refractivity contribution >= 4 is 32.6 Å². The lowest BCUT2D eigenvalue weighted by Crippen LogP contribution is -2.37. The van der Waals surface area contributed by atoms with Crippen LogP contribution in [0.15, 0.2) is 36.4 Å². The summed E-state index contributed by atoms with van der Waals surface area (Å²) in [5.41, 5.74) is 0.627. The summed E-state index contributed by atoms with van der Waals surface area (Å²) in [6.07, 6.45) is 0.739. The van der Waals surface area contributed by atoms with Gasteiger partial charge in [-0.2, -0.15) is 0 Å². The Morgan fingerprint density at radius 3 is 2.42 bits per heavy atom. The van der Waals surface area contributed by atoms with Gasteiger partial charge in [-0.1, -0.05) is 23.5 Å². The highest BCUT2D eigenvalue weighted by Gasteiger charge is 2.23. The number of anilines is 1. The second kappa shape index (κ2) is 10.4. The summed E-state index contributed by atoms with van der Waals surface area (Å²) in [6, 6.07) is 9.60. The van der Waals surface area contributed by atoms with E-state index in [1.165, 1.54) is 23.5 Å². The molecule has 166 valence electrons. The number of rotatable bonds is 10. The zero-order valence-corrected chi connectivity index (χ0v) is 18.9. The van der Waals surface area contributed by atoms with Gasteiger partial charge in [0.1, 0.15) is 21.7 Å². The second-order valence-electron chi connectivity index (χ2n) is 7.07. The number of para-hydroxylation sites is 1. The van der Waals surface area contributed by atoms with E-state index < -0.39 is 5.82 Å².